The van der Waals surface area contributed by atoms with E-state index in [2.05, 4.69) is 24.7 Å². The molecule has 1 saturated heterocycles. The van der Waals surface area contributed by atoms with Gasteiger partial charge in [-0.2, -0.15) is 0 Å². The van der Waals surface area contributed by atoms with Gasteiger partial charge in [0.2, 0.25) is 0 Å². The molecule has 9 nitrogen and oxygen atoms in total. The van der Waals surface area contributed by atoms with E-state index in [-0.39, 0.29) is 10.6 Å². The highest BCUT2D eigenvalue weighted by Crippen LogP contribution is 2.51. The van der Waals surface area contributed by atoms with E-state index in [9.17, 15) is 8.42 Å². The summed E-state index contributed by atoms with van der Waals surface area (Å²) in [5, 5.41) is 1.09. The highest BCUT2D eigenvalue weighted by atomic mass is 35.5. The van der Waals surface area contributed by atoms with Crippen LogP contribution in [0.3, 0.4) is 0 Å². The zero-order valence-corrected chi connectivity index (χ0v) is 27.1. The molecule has 7 rings (SSSR count). The topological polar surface area (TPSA) is 90.0 Å². The average molecular weight is 653 g/mol. The molecule has 0 saturated carbocycles. The number of anilines is 2. The van der Waals surface area contributed by atoms with Gasteiger partial charge in [-0.15, -0.1) is 0 Å². The molecule has 234 valence electrons. The number of pyridine rings is 2. The number of halogens is 1. The highest BCUT2D eigenvalue weighted by Gasteiger charge is 2.59. The Bertz CT molecular complexity index is 2050. The largest absolute Gasteiger partial charge is 0.369 e. The molecule has 2 aliphatic heterocycles. The maximum Gasteiger partial charge on any atom is 0.273 e. The number of carbonyl (C=O) groups is 1. The number of fused-ring (bicyclic) bond motifs is 2. The Hall–Kier alpha value is -4.35. The van der Waals surface area contributed by atoms with Gasteiger partial charge in [-0.1, -0.05) is 54.1 Å². The molecule has 4 heterocycles. The third-order valence-corrected chi connectivity index (χ3v) is 10.8. The van der Waals surface area contributed by atoms with Crippen molar-refractivity contribution >= 4 is 49.8 Å². The van der Waals surface area contributed by atoms with Crippen LogP contribution in [-0.2, 0) is 26.9 Å². The summed E-state index contributed by atoms with van der Waals surface area (Å²) in [6, 6.07) is 25.4. The first kappa shape index (κ1) is 30.3. The van der Waals surface area contributed by atoms with Gasteiger partial charge in [-0.25, -0.2) is 12.7 Å². The molecule has 1 unspecified atom stereocenters. The van der Waals surface area contributed by atoms with Crippen LogP contribution in [0, 0.1) is 0 Å². The molecule has 3 aromatic carbocycles. The molecule has 11 heteroatoms. The fourth-order valence-electron chi connectivity index (χ4n) is 6.85. The van der Waals surface area contributed by atoms with Crippen LogP contribution in [0.5, 0.6) is 0 Å². The molecule has 0 N–H and O–H groups in total. The number of piperazine rings is 1. The second-order valence-corrected chi connectivity index (χ2v) is 14.1. The number of sulfonamides is 1. The van der Waals surface area contributed by atoms with E-state index in [1.54, 1.807) is 48.9 Å². The number of aromatic nitrogens is 2. The summed E-state index contributed by atoms with van der Waals surface area (Å²) in [5.74, 6) is -0.558. The number of carbonyl (C=O) groups excluding carboxylic acids is 1. The normalized spacial score (nSPS) is 18.8. The van der Waals surface area contributed by atoms with Crippen molar-refractivity contribution in [2.75, 3.05) is 49.5 Å². The smallest absolute Gasteiger partial charge is 0.273 e. The molecule has 0 spiro atoms. The Morgan fingerprint density at radius 1 is 0.870 bits per heavy atom. The van der Waals surface area contributed by atoms with E-state index in [1.165, 1.54) is 6.07 Å². The van der Waals surface area contributed by atoms with E-state index in [4.69, 9.17) is 11.6 Å². The van der Waals surface area contributed by atoms with Gasteiger partial charge in [-0.3, -0.25) is 19.7 Å². The first-order chi connectivity index (χ1) is 22.2. The summed E-state index contributed by atoms with van der Waals surface area (Å²) < 4.78 is 30.5. The number of benzene rings is 3. The van der Waals surface area contributed by atoms with Crippen LogP contribution in [0.1, 0.15) is 16.7 Å². The summed E-state index contributed by atoms with van der Waals surface area (Å²) in [4.78, 5) is 30.3. The van der Waals surface area contributed by atoms with Crippen LogP contribution >= 0.6 is 11.6 Å². The number of hydrogen-bond donors (Lipinski definition) is 0. The monoisotopic (exact) mass is 652 g/mol. The van der Waals surface area contributed by atoms with Gasteiger partial charge >= 0.3 is 0 Å². The maximum atomic E-state index is 15.3. The summed E-state index contributed by atoms with van der Waals surface area (Å²) in [5.41, 5.74) is 2.45. The summed E-state index contributed by atoms with van der Waals surface area (Å²) in [6.07, 6.45) is 5.09. The van der Waals surface area contributed by atoms with Gasteiger partial charge < -0.3 is 9.80 Å². The molecular weight excluding hydrogens is 620 g/mol. The summed E-state index contributed by atoms with van der Waals surface area (Å²) >= 11 is 6.66. The SMILES string of the molecule is CN(C)Cc1cccc(C2(N3CCN(c4ccncc4)CC3)C(=O)N(S(=O)(=O)c3cccc4cccnc34)c3ccc(Cl)cc32)c1. The molecule has 2 aromatic heterocycles. The molecule has 5 aromatic rings. The van der Waals surface area contributed by atoms with Crippen molar-refractivity contribution in [1.82, 2.24) is 19.8 Å². The molecule has 1 fully saturated rings. The lowest BCUT2D eigenvalue weighted by Crippen LogP contribution is -2.60. The zero-order valence-electron chi connectivity index (χ0n) is 25.5. The third-order valence-electron chi connectivity index (χ3n) is 8.80. The van der Waals surface area contributed by atoms with Crippen LogP contribution < -0.4 is 9.21 Å². The van der Waals surface area contributed by atoms with Crippen LogP contribution in [0.4, 0.5) is 11.4 Å². The average Bonchev–Trinajstić information content (AvgIpc) is 3.33. The Morgan fingerprint density at radius 3 is 2.37 bits per heavy atom. The first-order valence-corrected chi connectivity index (χ1v) is 16.9. The van der Waals surface area contributed by atoms with Crippen molar-refractivity contribution < 1.29 is 13.2 Å². The molecule has 0 radical (unpaired) electrons. The van der Waals surface area contributed by atoms with Crippen LogP contribution in [0.15, 0.2) is 108 Å². The van der Waals surface area contributed by atoms with E-state index in [0.29, 0.717) is 59.8 Å². The second-order valence-electron chi connectivity index (χ2n) is 11.9. The Labute approximate surface area is 273 Å². The molecule has 2 aliphatic rings. The molecular formula is C35H33ClN6O3S. The molecule has 0 aliphatic carbocycles. The molecule has 1 amide bonds. The minimum absolute atomic E-state index is 0.0282. The Kier molecular flexibility index (Phi) is 7.76. The number of nitrogens with zero attached hydrogens (tertiary/aromatic N) is 6. The van der Waals surface area contributed by atoms with Gasteiger partial charge in [0.1, 0.15) is 4.90 Å². The van der Waals surface area contributed by atoms with Crippen molar-refractivity contribution in [3.8, 4) is 0 Å². The molecule has 1 atom stereocenters. The highest BCUT2D eigenvalue weighted by molar-refractivity contribution is 7.93. The quantitative estimate of drug-likeness (QED) is 0.239. The predicted molar refractivity (Wildman–Crippen MR) is 181 cm³/mol. The Morgan fingerprint density at radius 2 is 1.61 bits per heavy atom. The lowest BCUT2D eigenvalue weighted by molar-refractivity contribution is -0.126. The molecule has 0 bridgehead atoms. The summed E-state index contributed by atoms with van der Waals surface area (Å²) in [6.45, 7) is 2.92. The number of hydrogen-bond acceptors (Lipinski definition) is 8. The van der Waals surface area contributed by atoms with Crippen molar-refractivity contribution in [3.63, 3.8) is 0 Å². The van der Waals surface area contributed by atoms with Gasteiger partial charge in [-0.05, 0) is 67.7 Å². The number of amides is 1. The van der Waals surface area contributed by atoms with E-state index in [1.807, 2.05) is 62.6 Å². The number of para-hydroxylation sites is 1. The zero-order chi connectivity index (χ0) is 32.1. The van der Waals surface area contributed by atoms with Gasteiger partial charge in [0.15, 0.2) is 5.54 Å². The second kappa shape index (κ2) is 11.8. The molecule has 46 heavy (non-hydrogen) atoms. The van der Waals surface area contributed by atoms with E-state index in [0.717, 1.165) is 15.6 Å². The fourth-order valence-corrected chi connectivity index (χ4v) is 8.65. The lowest BCUT2D eigenvalue weighted by Gasteiger charge is -2.45. The van der Waals surface area contributed by atoms with Crippen LogP contribution in [0.2, 0.25) is 5.02 Å². The van der Waals surface area contributed by atoms with Crippen molar-refractivity contribution in [2.45, 2.75) is 17.0 Å². The van der Waals surface area contributed by atoms with Gasteiger partial charge in [0.25, 0.3) is 15.9 Å². The third kappa shape index (κ3) is 4.93. The lowest BCUT2D eigenvalue weighted by atomic mass is 9.81. The minimum Gasteiger partial charge on any atom is -0.369 e. The summed E-state index contributed by atoms with van der Waals surface area (Å²) in [7, 11) is -0.437. The standard InChI is InChI=1S/C35H33ClN6O3S/c1-39(2)24-25-6-3-9-27(22-25)35(41-20-18-40(19-21-41)29-13-16-37-17-14-29)30-23-28(36)11-12-31(30)42(34(35)43)46(44,45)32-10-4-7-26-8-5-15-38-33(26)32/h3-17,22-23H,18-21,24H2,1-2H3. The minimum atomic E-state index is -4.42. The van der Waals surface area contributed by atoms with Crippen molar-refractivity contribution in [3.05, 3.63) is 125 Å². The van der Waals surface area contributed by atoms with Crippen LogP contribution in [0.25, 0.3) is 10.9 Å². The van der Waals surface area contributed by atoms with E-state index < -0.39 is 21.5 Å². The predicted octanol–water partition coefficient (Wildman–Crippen LogP) is 5.15. The van der Waals surface area contributed by atoms with Crippen LogP contribution in [-0.4, -0.2) is 74.4 Å². The van der Waals surface area contributed by atoms with Gasteiger partial charge in [0.05, 0.1) is 11.2 Å². The first-order valence-electron chi connectivity index (χ1n) is 15.1. The van der Waals surface area contributed by atoms with E-state index >= 15 is 4.79 Å². The number of rotatable bonds is 7. The maximum absolute atomic E-state index is 15.3. The fraction of sp³-hybridized carbons (Fsp3) is 0.229. The van der Waals surface area contributed by atoms with Crippen molar-refractivity contribution in [2.24, 2.45) is 0 Å². The van der Waals surface area contributed by atoms with Crippen molar-refractivity contribution in [1.29, 1.82) is 0 Å². The van der Waals surface area contributed by atoms with Gasteiger partial charge in [0, 0.05) is 73.0 Å². The Balaban J connectivity index is 1.42.